The van der Waals surface area contributed by atoms with Gasteiger partial charge >= 0.3 is 5.97 Å². The molecule has 1 N–H and O–H groups in total. The number of rotatable bonds is 5. The van der Waals surface area contributed by atoms with Crippen LogP contribution in [0.2, 0.25) is 0 Å². The minimum Gasteiger partial charge on any atom is -0.481 e. The van der Waals surface area contributed by atoms with Crippen LogP contribution in [0.25, 0.3) is 5.65 Å². The molecule has 0 bridgehead atoms. The average molecular weight is 320 g/mol. The topological polar surface area (TPSA) is 61.1 Å². The molecule has 1 aliphatic heterocycles. The Bertz CT molecular complexity index is 665. The number of fused-ring (bicyclic) bond motifs is 1. The fourth-order valence-corrected chi connectivity index (χ4v) is 3.33. The van der Waals surface area contributed by atoms with Gasteiger partial charge < -0.3 is 14.4 Å². The second kappa shape index (κ2) is 6.58. The standard InChI is InChI=1S/C15H20N4O2S/c1-2-12-9-18-10-13(3-4-14(18)16-12)17-5-7-19(8-6-17)22-11-15(20)21/h3-4,9-10H,2,5-8,11H2,1H3,(H,20,21). The van der Waals surface area contributed by atoms with E-state index >= 15 is 0 Å². The molecule has 7 heteroatoms. The summed E-state index contributed by atoms with van der Waals surface area (Å²) in [5.74, 6) is -0.620. The number of aromatic nitrogens is 2. The third kappa shape index (κ3) is 3.36. The van der Waals surface area contributed by atoms with Gasteiger partial charge in [0, 0.05) is 38.6 Å². The summed E-state index contributed by atoms with van der Waals surface area (Å²) in [7, 11) is 0. The van der Waals surface area contributed by atoms with Crippen LogP contribution in [-0.2, 0) is 11.2 Å². The molecule has 2 aromatic rings. The molecule has 6 nitrogen and oxygen atoms in total. The Balaban J connectivity index is 1.64. The largest absolute Gasteiger partial charge is 0.481 e. The van der Waals surface area contributed by atoms with Gasteiger partial charge in [-0.1, -0.05) is 18.9 Å². The lowest BCUT2D eigenvalue weighted by atomic mass is 10.3. The van der Waals surface area contributed by atoms with Gasteiger partial charge in [0.05, 0.1) is 11.4 Å². The highest BCUT2D eigenvalue weighted by Crippen LogP contribution is 2.20. The maximum absolute atomic E-state index is 10.6. The maximum atomic E-state index is 10.6. The highest BCUT2D eigenvalue weighted by atomic mass is 32.2. The van der Waals surface area contributed by atoms with Gasteiger partial charge in [-0.05, 0) is 18.6 Å². The molecule has 0 aliphatic carbocycles. The van der Waals surface area contributed by atoms with Crippen molar-refractivity contribution in [3.63, 3.8) is 0 Å². The first kappa shape index (κ1) is 15.2. The molecule has 3 rings (SSSR count). The van der Waals surface area contributed by atoms with Crippen molar-refractivity contribution in [2.45, 2.75) is 13.3 Å². The summed E-state index contributed by atoms with van der Waals surface area (Å²) in [6, 6.07) is 4.17. The summed E-state index contributed by atoms with van der Waals surface area (Å²) in [6.45, 7) is 5.68. The van der Waals surface area contributed by atoms with E-state index in [4.69, 9.17) is 5.11 Å². The number of hydrogen-bond donors (Lipinski definition) is 1. The van der Waals surface area contributed by atoms with Crippen LogP contribution < -0.4 is 4.90 Å². The molecule has 0 saturated carbocycles. The van der Waals surface area contributed by atoms with Gasteiger partial charge in [0.2, 0.25) is 0 Å². The molecule has 0 atom stereocenters. The first-order valence-electron chi connectivity index (χ1n) is 7.48. The first-order chi connectivity index (χ1) is 10.7. The number of piperazine rings is 1. The summed E-state index contributed by atoms with van der Waals surface area (Å²) >= 11 is 1.40. The predicted molar refractivity (Wildman–Crippen MR) is 88.4 cm³/mol. The maximum Gasteiger partial charge on any atom is 0.314 e. The van der Waals surface area contributed by atoms with Gasteiger partial charge in [0.15, 0.2) is 0 Å². The van der Waals surface area contributed by atoms with Crippen LogP contribution >= 0.6 is 11.9 Å². The minimum absolute atomic E-state index is 0.140. The number of pyridine rings is 1. The number of carboxylic acid groups (broad SMARTS) is 1. The lowest BCUT2D eigenvalue weighted by Gasteiger charge is -2.35. The zero-order valence-electron chi connectivity index (χ0n) is 12.6. The Morgan fingerprint density at radius 3 is 2.73 bits per heavy atom. The monoisotopic (exact) mass is 320 g/mol. The number of aliphatic carboxylic acids is 1. The fourth-order valence-electron chi connectivity index (χ4n) is 2.61. The summed E-state index contributed by atoms with van der Waals surface area (Å²) in [4.78, 5) is 17.5. The Labute approximate surface area is 133 Å². The Morgan fingerprint density at radius 1 is 1.27 bits per heavy atom. The minimum atomic E-state index is -0.760. The van der Waals surface area contributed by atoms with Gasteiger partial charge in [0.1, 0.15) is 11.4 Å². The number of nitrogens with zero attached hydrogens (tertiary/aromatic N) is 4. The van der Waals surface area contributed by atoms with Crippen molar-refractivity contribution in [1.29, 1.82) is 0 Å². The van der Waals surface area contributed by atoms with Gasteiger partial charge in [-0.25, -0.2) is 9.29 Å². The SMILES string of the molecule is CCc1cn2cc(N3CCN(SCC(=O)O)CC3)ccc2n1. The van der Waals surface area contributed by atoms with E-state index in [0.717, 1.165) is 43.9 Å². The van der Waals surface area contributed by atoms with Crippen LogP contribution in [0.4, 0.5) is 5.69 Å². The summed E-state index contributed by atoms with van der Waals surface area (Å²) in [5.41, 5.74) is 3.28. The first-order valence-corrected chi connectivity index (χ1v) is 8.42. The molecule has 0 amide bonds. The molecule has 1 aliphatic rings. The smallest absolute Gasteiger partial charge is 0.314 e. The molecule has 0 radical (unpaired) electrons. The van der Waals surface area contributed by atoms with Crippen molar-refractivity contribution in [3.8, 4) is 0 Å². The number of hydrogen-bond acceptors (Lipinski definition) is 5. The number of carboxylic acids is 1. The molecule has 0 aromatic carbocycles. The van der Waals surface area contributed by atoms with Crippen LogP contribution in [0.3, 0.4) is 0 Å². The third-order valence-electron chi connectivity index (χ3n) is 3.82. The zero-order chi connectivity index (χ0) is 15.5. The molecule has 1 fully saturated rings. The van der Waals surface area contributed by atoms with Crippen molar-refractivity contribution < 1.29 is 9.90 Å². The average Bonchev–Trinajstić information content (AvgIpc) is 2.95. The van der Waals surface area contributed by atoms with Crippen LogP contribution in [0, 0.1) is 0 Å². The highest BCUT2D eigenvalue weighted by molar-refractivity contribution is 7.97. The number of aryl methyl sites for hydroxylation is 1. The zero-order valence-corrected chi connectivity index (χ0v) is 13.4. The van der Waals surface area contributed by atoms with E-state index < -0.39 is 5.97 Å². The third-order valence-corrected chi connectivity index (χ3v) is 4.93. The van der Waals surface area contributed by atoms with Crippen LogP contribution in [0.1, 0.15) is 12.6 Å². The Kier molecular flexibility index (Phi) is 4.54. The van der Waals surface area contributed by atoms with Crippen molar-refractivity contribution in [2.24, 2.45) is 0 Å². The van der Waals surface area contributed by atoms with Gasteiger partial charge in [-0.15, -0.1) is 0 Å². The van der Waals surface area contributed by atoms with Crippen LogP contribution in [0.5, 0.6) is 0 Å². The number of carbonyl (C=O) groups is 1. The van der Waals surface area contributed by atoms with Crippen molar-refractivity contribution in [1.82, 2.24) is 13.7 Å². The molecular formula is C15H20N4O2S. The molecular weight excluding hydrogens is 300 g/mol. The summed E-state index contributed by atoms with van der Waals surface area (Å²) in [5, 5.41) is 8.73. The van der Waals surface area contributed by atoms with E-state index in [9.17, 15) is 4.79 Å². The van der Waals surface area contributed by atoms with Gasteiger partial charge in [0.25, 0.3) is 0 Å². The fraction of sp³-hybridized carbons (Fsp3) is 0.467. The lowest BCUT2D eigenvalue weighted by molar-refractivity contribution is -0.133. The number of imidazole rings is 1. The van der Waals surface area contributed by atoms with Crippen molar-refractivity contribution in [3.05, 3.63) is 30.2 Å². The summed E-state index contributed by atoms with van der Waals surface area (Å²) < 4.78 is 4.22. The van der Waals surface area contributed by atoms with Gasteiger partial charge in [-0.3, -0.25) is 4.79 Å². The molecule has 22 heavy (non-hydrogen) atoms. The molecule has 0 spiro atoms. The molecule has 2 aromatic heterocycles. The lowest BCUT2D eigenvalue weighted by Crippen LogP contribution is -2.43. The summed E-state index contributed by atoms with van der Waals surface area (Å²) in [6.07, 6.45) is 5.15. The van der Waals surface area contributed by atoms with E-state index in [-0.39, 0.29) is 5.75 Å². The van der Waals surface area contributed by atoms with E-state index in [1.807, 2.05) is 0 Å². The van der Waals surface area contributed by atoms with E-state index in [1.165, 1.54) is 17.6 Å². The molecule has 0 unspecified atom stereocenters. The van der Waals surface area contributed by atoms with E-state index in [0.29, 0.717) is 0 Å². The second-order valence-corrected chi connectivity index (χ2v) is 6.39. The molecule has 3 heterocycles. The predicted octanol–water partition coefficient (Wildman–Crippen LogP) is 1.75. The second-order valence-electron chi connectivity index (χ2n) is 5.32. The van der Waals surface area contributed by atoms with Crippen molar-refractivity contribution >= 4 is 29.3 Å². The quantitative estimate of drug-likeness (QED) is 0.847. The number of anilines is 1. The van der Waals surface area contributed by atoms with Gasteiger partial charge in [-0.2, -0.15) is 0 Å². The molecule has 1 saturated heterocycles. The van der Waals surface area contributed by atoms with Crippen LogP contribution in [-0.4, -0.2) is 56.7 Å². The van der Waals surface area contributed by atoms with E-state index in [2.05, 4.69) is 50.0 Å². The molecule has 118 valence electrons. The highest BCUT2D eigenvalue weighted by Gasteiger charge is 2.18. The Hall–Kier alpha value is -1.73. The normalized spacial score (nSPS) is 16.3. The van der Waals surface area contributed by atoms with E-state index in [1.54, 1.807) is 0 Å². The van der Waals surface area contributed by atoms with Crippen LogP contribution in [0.15, 0.2) is 24.5 Å². The Morgan fingerprint density at radius 2 is 2.05 bits per heavy atom. The van der Waals surface area contributed by atoms with Crippen molar-refractivity contribution in [2.75, 3.05) is 36.8 Å².